The summed E-state index contributed by atoms with van der Waals surface area (Å²) in [5, 5.41) is 11.0. The Bertz CT molecular complexity index is 551. The van der Waals surface area contributed by atoms with Crippen LogP contribution in [0.3, 0.4) is 0 Å². The lowest BCUT2D eigenvalue weighted by atomic mass is 9.78. The molecule has 0 unspecified atom stereocenters. The second kappa shape index (κ2) is 3.70. The molecule has 3 heteroatoms. The zero-order valence-corrected chi connectivity index (χ0v) is 9.76. The van der Waals surface area contributed by atoms with E-state index in [2.05, 4.69) is 4.98 Å². The third-order valence-corrected chi connectivity index (χ3v) is 3.46. The van der Waals surface area contributed by atoms with Gasteiger partial charge in [0.05, 0.1) is 11.1 Å². The van der Waals surface area contributed by atoms with Gasteiger partial charge in [-0.05, 0) is 44.0 Å². The van der Waals surface area contributed by atoms with Crippen molar-refractivity contribution < 1.29 is 9.84 Å². The van der Waals surface area contributed by atoms with Gasteiger partial charge < -0.3 is 9.84 Å². The molecule has 0 bridgehead atoms. The Labute approximate surface area is 100 Å². The molecule has 1 fully saturated rings. The van der Waals surface area contributed by atoms with Crippen LogP contribution in [-0.2, 0) is 0 Å². The molecule has 1 aromatic carbocycles. The van der Waals surface area contributed by atoms with Gasteiger partial charge in [0.15, 0.2) is 0 Å². The van der Waals surface area contributed by atoms with Crippen LogP contribution in [0.5, 0.6) is 5.75 Å². The maximum atomic E-state index is 9.91. The molecule has 0 spiro atoms. The fourth-order valence-corrected chi connectivity index (χ4v) is 2.16. The first-order chi connectivity index (χ1) is 8.15. The Kier molecular flexibility index (Phi) is 2.30. The molecule has 1 aliphatic carbocycles. The fourth-order valence-electron chi connectivity index (χ4n) is 2.16. The normalized spacial score (nSPS) is 27.8. The van der Waals surface area contributed by atoms with Crippen LogP contribution in [0.1, 0.15) is 19.8 Å². The summed E-state index contributed by atoms with van der Waals surface area (Å²) in [6, 6.07) is 9.73. The van der Waals surface area contributed by atoms with Gasteiger partial charge in [0, 0.05) is 11.6 Å². The summed E-state index contributed by atoms with van der Waals surface area (Å²) in [6.45, 7) is 1.82. The molecular formula is C14H15NO2. The molecule has 2 aromatic rings. The van der Waals surface area contributed by atoms with Crippen LogP contribution in [0.4, 0.5) is 0 Å². The summed E-state index contributed by atoms with van der Waals surface area (Å²) in [5.74, 6) is 0.801. The van der Waals surface area contributed by atoms with Crippen molar-refractivity contribution in [3.63, 3.8) is 0 Å². The van der Waals surface area contributed by atoms with E-state index >= 15 is 0 Å². The van der Waals surface area contributed by atoms with Crippen molar-refractivity contribution in [3.05, 3.63) is 36.5 Å². The number of pyridine rings is 1. The van der Waals surface area contributed by atoms with Crippen molar-refractivity contribution in [3.8, 4) is 5.75 Å². The van der Waals surface area contributed by atoms with E-state index in [9.17, 15) is 5.11 Å². The SMILES string of the molecule is C[C@]1(O)CC[C@@H]1Oc1ccc2ncccc2c1. The minimum absolute atomic E-state index is 0.0865. The molecule has 0 saturated heterocycles. The predicted octanol–water partition coefficient (Wildman–Crippen LogP) is 2.53. The van der Waals surface area contributed by atoms with E-state index in [0.29, 0.717) is 0 Å². The second-order valence-corrected chi connectivity index (χ2v) is 4.86. The summed E-state index contributed by atoms with van der Waals surface area (Å²) in [7, 11) is 0. The molecule has 1 N–H and O–H groups in total. The first kappa shape index (κ1) is 10.5. The topological polar surface area (TPSA) is 42.4 Å². The summed E-state index contributed by atoms with van der Waals surface area (Å²) < 4.78 is 5.80. The van der Waals surface area contributed by atoms with E-state index in [-0.39, 0.29) is 6.10 Å². The van der Waals surface area contributed by atoms with Crippen molar-refractivity contribution in [2.45, 2.75) is 31.5 Å². The smallest absolute Gasteiger partial charge is 0.127 e. The highest BCUT2D eigenvalue weighted by atomic mass is 16.5. The molecule has 2 atom stereocenters. The van der Waals surface area contributed by atoms with Gasteiger partial charge in [-0.25, -0.2) is 0 Å². The lowest BCUT2D eigenvalue weighted by Crippen LogP contribution is -2.52. The number of hydrogen-bond donors (Lipinski definition) is 1. The van der Waals surface area contributed by atoms with Gasteiger partial charge in [-0.15, -0.1) is 0 Å². The van der Waals surface area contributed by atoms with E-state index in [1.807, 2.05) is 37.3 Å². The lowest BCUT2D eigenvalue weighted by molar-refractivity contribution is -0.118. The van der Waals surface area contributed by atoms with Crippen molar-refractivity contribution in [1.29, 1.82) is 0 Å². The van der Waals surface area contributed by atoms with Crippen molar-refractivity contribution in [2.24, 2.45) is 0 Å². The van der Waals surface area contributed by atoms with Crippen LogP contribution in [0.15, 0.2) is 36.5 Å². The van der Waals surface area contributed by atoms with Gasteiger partial charge in [-0.1, -0.05) is 6.07 Å². The van der Waals surface area contributed by atoms with E-state index in [1.165, 1.54) is 0 Å². The fraction of sp³-hybridized carbons (Fsp3) is 0.357. The van der Waals surface area contributed by atoms with Crippen LogP contribution in [0.2, 0.25) is 0 Å². The lowest BCUT2D eigenvalue weighted by Gasteiger charge is -2.42. The first-order valence-corrected chi connectivity index (χ1v) is 5.89. The van der Waals surface area contributed by atoms with Crippen LogP contribution in [0.25, 0.3) is 10.9 Å². The molecule has 88 valence electrons. The summed E-state index contributed by atoms with van der Waals surface area (Å²) in [5.41, 5.74) is 0.282. The van der Waals surface area contributed by atoms with E-state index < -0.39 is 5.60 Å². The Balaban J connectivity index is 1.86. The molecule has 0 radical (unpaired) electrons. The highest BCUT2D eigenvalue weighted by Gasteiger charge is 2.42. The molecule has 1 heterocycles. The highest BCUT2D eigenvalue weighted by Crippen LogP contribution is 2.35. The van der Waals surface area contributed by atoms with Crippen molar-refractivity contribution in [1.82, 2.24) is 4.98 Å². The maximum Gasteiger partial charge on any atom is 0.127 e. The Hall–Kier alpha value is -1.61. The Morgan fingerprint density at radius 3 is 3.00 bits per heavy atom. The number of ether oxygens (including phenoxy) is 1. The van der Waals surface area contributed by atoms with Crippen LogP contribution in [-0.4, -0.2) is 21.8 Å². The molecular weight excluding hydrogens is 214 g/mol. The van der Waals surface area contributed by atoms with Crippen LogP contribution in [0, 0.1) is 0 Å². The van der Waals surface area contributed by atoms with E-state index in [0.717, 1.165) is 29.5 Å². The largest absolute Gasteiger partial charge is 0.487 e. The molecule has 0 aliphatic heterocycles. The van der Waals surface area contributed by atoms with Gasteiger partial charge in [-0.2, -0.15) is 0 Å². The zero-order chi connectivity index (χ0) is 11.9. The molecule has 1 saturated carbocycles. The van der Waals surface area contributed by atoms with Gasteiger partial charge >= 0.3 is 0 Å². The zero-order valence-electron chi connectivity index (χ0n) is 9.76. The minimum Gasteiger partial charge on any atom is -0.487 e. The van der Waals surface area contributed by atoms with E-state index in [1.54, 1.807) is 6.20 Å². The quantitative estimate of drug-likeness (QED) is 0.860. The van der Waals surface area contributed by atoms with Crippen LogP contribution >= 0.6 is 0 Å². The third-order valence-electron chi connectivity index (χ3n) is 3.46. The number of nitrogens with zero attached hydrogens (tertiary/aromatic N) is 1. The number of fused-ring (bicyclic) bond motifs is 1. The molecule has 3 nitrogen and oxygen atoms in total. The molecule has 0 amide bonds. The van der Waals surface area contributed by atoms with Gasteiger partial charge in [0.2, 0.25) is 0 Å². The van der Waals surface area contributed by atoms with E-state index in [4.69, 9.17) is 4.74 Å². The Morgan fingerprint density at radius 1 is 1.41 bits per heavy atom. The number of aliphatic hydroxyl groups is 1. The summed E-state index contributed by atoms with van der Waals surface area (Å²) >= 11 is 0. The number of hydrogen-bond acceptors (Lipinski definition) is 3. The molecule has 1 aliphatic rings. The number of aromatic nitrogens is 1. The van der Waals surface area contributed by atoms with Crippen LogP contribution < -0.4 is 4.74 Å². The molecule has 1 aromatic heterocycles. The monoisotopic (exact) mass is 229 g/mol. The van der Waals surface area contributed by atoms with Gasteiger partial charge in [0.1, 0.15) is 11.9 Å². The maximum absolute atomic E-state index is 9.91. The van der Waals surface area contributed by atoms with Gasteiger partial charge in [0.25, 0.3) is 0 Å². The standard InChI is InChI=1S/C14H15NO2/c1-14(16)7-6-13(14)17-11-4-5-12-10(9-11)3-2-8-15-12/h2-5,8-9,13,16H,6-7H2,1H3/t13-,14-/m0/s1. The molecule has 3 rings (SSSR count). The van der Waals surface area contributed by atoms with Crippen molar-refractivity contribution in [2.75, 3.05) is 0 Å². The first-order valence-electron chi connectivity index (χ1n) is 5.89. The average Bonchev–Trinajstić information content (AvgIpc) is 2.34. The van der Waals surface area contributed by atoms with Crippen molar-refractivity contribution >= 4 is 10.9 Å². The third kappa shape index (κ3) is 1.87. The highest BCUT2D eigenvalue weighted by molar-refractivity contribution is 5.79. The minimum atomic E-state index is -0.677. The predicted molar refractivity (Wildman–Crippen MR) is 66.0 cm³/mol. The number of rotatable bonds is 2. The number of benzene rings is 1. The van der Waals surface area contributed by atoms with Gasteiger partial charge in [-0.3, -0.25) is 4.98 Å². The molecule has 17 heavy (non-hydrogen) atoms. The summed E-state index contributed by atoms with van der Waals surface area (Å²) in [4.78, 5) is 4.26. The second-order valence-electron chi connectivity index (χ2n) is 4.86. The summed E-state index contributed by atoms with van der Waals surface area (Å²) in [6.07, 6.45) is 3.42. The average molecular weight is 229 g/mol. The Morgan fingerprint density at radius 2 is 2.29 bits per heavy atom.